The van der Waals surface area contributed by atoms with Gasteiger partial charge in [0.15, 0.2) is 17.5 Å². The summed E-state index contributed by atoms with van der Waals surface area (Å²) in [5.41, 5.74) is 7.02. The van der Waals surface area contributed by atoms with Gasteiger partial charge in [-0.05, 0) is 24.6 Å². The van der Waals surface area contributed by atoms with E-state index in [4.69, 9.17) is 19.9 Å². The van der Waals surface area contributed by atoms with Crippen molar-refractivity contribution in [3.05, 3.63) is 23.8 Å². The summed E-state index contributed by atoms with van der Waals surface area (Å²) in [5.74, 6) is 1.91. The van der Waals surface area contributed by atoms with Gasteiger partial charge in [-0.25, -0.2) is 0 Å². The van der Waals surface area contributed by atoms with E-state index in [2.05, 4.69) is 21.3 Å². The second-order valence-corrected chi connectivity index (χ2v) is 5.53. The summed E-state index contributed by atoms with van der Waals surface area (Å²) in [6.07, 6.45) is 0. The average Bonchev–Trinajstić information content (AvgIpc) is 2.62. The molecule has 3 N–H and O–H groups in total. The average molecular weight is 464 g/mol. The van der Waals surface area contributed by atoms with E-state index < -0.39 is 0 Å². The molecule has 0 amide bonds. The molecule has 1 aromatic rings. The van der Waals surface area contributed by atoms with Gasteiger partial charge in [0, 0.05) is 19.6 Å². The molecule has 1 saturated heterocycles. The van der Waals surface area contributed by atoms with Crippen molar-refractivity contribution >= 4 is 29.9 Å². The molecule has 0 aliphatic carbocycles. The third-order valence-corrected chi connectivity index (χ3v) is 4.07. The maximum Gasteiger partial charge on any atom is 0.188 e. The lowest BCUT2D eigenvalue weighted by molar-refractivity contribution is 0.0179. The van der Waals surface area contributed by atoms with Crippen LogP contribution in [0.2, 0.25) is 0 Å². The molecule has 1 heterocycles. The van der Waals surface area contributed by atoms with Crippen LogP contribution in [0.3, 0.4) is 0 Å². The van der Waals surface area contributed by atoms with Gasteiger partial charge in [0.1, 0.15) is 0 Å². The minimum Gasteiger partial charge on any atom is -0.493 e. The van der Waals surface area contributed by atoms with Gasteiger partial charge in [0.2, 0.25) is 0 Å². The van der Waals surface area contributed by atoms with Crippen LogP contribution in [0, 0.1) is 0 Å². The Kier molecular flexibility index (Phi) is 9.91. The Hall–Kier alpha value is -1.26. The SMILES string of the molecule is CCNC(N)=NCC(c1ccc(OC)c(OC)c1)N1CCOCC1.I. The molecule has 7 nitrogen and oxygen atoms in total. The molecule has 142 valence electrons. The van der Waals surface area contributed by atoms with Gasteiger partial charge in [0.25, 0.3) is 0 Å². The zero-order chi connectivity index (χ0) is 17.4. The number of nitrogens with two attached hydrogens (primary N) is 1. The zero-order valence-corrected chi connectivity index (χ0v) is 17.5. The van der Waals surface area contributed by atoms with Crippen LogP contribution in [0.15, 0.2) is 23.2 Å². The topological polar surface area (TPSA) is 81.3 Å². The first-order chi connectivity index (χ1) is 11.7. The minimum atomic E-state index is 0. The molecule has 1 fully saturated rings. The first-order valence-corrected chi connectivity index (χ1v) is 8.27. The lowest BCUT2D eigenvalue weighted by Crippen LogP contribution is -2.41. The first-order valence-electron chi connectivity index (χ1n) is 8.27. The molecule has 8 heteroatoms. The summed E-state index contributed by atoms with van der Waals surface area (Å²) in [7, 11) is 3.28. The van der Waals surface area contributed by atoms with Gasteiger partial charge in [-0.2, -0.15) is 0 Å². The molecular formula is C17H29IN4O3. The van der Waals surface area contributed by atoms with Gasteiger partial charge >= 0.3 is 0 Å². The quantitative estimate of drug-likeness (QED) is 0.363. The summed E-state index contributed by atoms with van der Waals surface area (Å²) < 4.78 is 16.2. The number of nitrogens with one attached hydrogen (secondary N) is 1. The molecule has 0 aromatic heterocycles. The molecule has 1 aromatic carbocycles. The second-order valence-electron chi connectivity index (χ2n) is 5.53. The third kappa shape index (κ3) is 6.19. The highest BCUT2D eigenvalue weighted by atomic mass is 127. The van der Waals surface area contributed by atoms with E-state index in [0.717, 1.165) is 49.9 Å². The Morgan fingerprint density at radius 1 is 1.28 bits per heavy atom. The molecule has 0 bridgehead atoms. The van der Waals surface area contributed by atoms with Crippen molar-refractivity contribution < 1.29 is 14.2 Å². The van der Waals surface area contributed by atoms with Gasteiger partial charge in [-0.15, -0.1) is 24.0 Å². The first kappa shape index (κ1) is 21.8. The number of guanidine groups is 1. The number of rotatable bonds is 7. The number of hydrogen-bond acceptors (Lipinski definition) is 5. The highest BCUT2D eigenvalue weighted by molar-refractivity contribution is 14.0. The number of benzene rings is 1. The number of hydrogen-bond donors (Lipinski definition) is 2. The molecule has 1 atom stereocenters. The van der Waals surface area contributed by atoms with Crippen LogP contribution in [0.5, 0.6) is 11.5 Å². The summed E-state index contributed by atoms with van der Waals surface area (Å²) >= 11 is 0. The Labute approximate surface area is 166 Å². The van der Waals surface area contributed by atoms with Crippen molar-refractivity contribution in [2.45, 2.75) is 13.0 Å². The van der Waals surface area contributed by atoms with Crippen LogP contribution in [0.4, 0.5) is 0 Å². The molecule has 0 spiro atoms. The minimum absolute atomic E-state index is 0. The molecular weight excluding hydrogens is 435 g/mol. The van der Waals surface area contributed by atoms with E-state index in [-0.39, 0.29) is 30.0 Å². The van der Waals surface area contributed by atoms with Crippen LogP contribution >= 0.6 is 24.0 Å². The molecule has 0 radical (unpaired) electrons. The Morgan fingerprint density at radius 2 is 1.96 bits per heavy atom. The fraction of sp³-hybridized carbons (Fsp3) is 0.588. The van der Waals surface area contributed by atoms with Crippen molar-refractivity contribution in [2.24, 2.45) is 10.7 Å². The van der Waals surface area contributed by atoms with Crippen LogP contribution in [0.1, 0.15) is 18.5 Å². The van der Waals surface area contributed by atoms with E-state index in [0.29, 0.717) is 12.5 Å². The highest BCUT2D eigenvalue weighted by Gasteiger charge is 2.23. The monoisotopic (exact) mass is 464 g/mol. The fourth-order valence-corrected chi connectivity index (χ4v) is 2.80. The standard InChI is InChI=1S/C17H28N4O3.HI/c1-4-19-17(18)20-12-14(21-7-9-24-10-8-21)13-5-6-15(22-2)16(11-13)23-3;/h5-6,11,14H,4,7-10,12H2,1-3H3,(H3,18,19,20);1H. The molecule has 25 heavy (non-hydrogen) atoms. The van der Waals surface area contributed by atoms with Crippen molar-refractivity contribution in [3.8, 4) is 11.5 Å². The number of morpholine rings is 1. The lowest BCUT2D eigenvalue weighted by atomic mass is 10.0. The maximum absolute atomic E-state index is 5.89. The third-order valence-electron chi connectivity index (χ3n) is 4.07. The van der Waals surface area contributed by atoms with Gasteiger partial charge in [-0.1, -0.05) is 6.07 Å². The Bertz CT molecular complexity index is 551. The van der Waals surface area contributed by atoms with Gasteiger partial charge < -0.3 is 25.3 Å². The lowest BCUT2D eigenvalue weighted by Gasteiger charge is -2.34. The van der Waals surface area contributed by atoms with Crippen LogP contribution in [-0.4, -0.2) is 64.5 Å². The number of halogens is 1. The molecule has 1 unspecified atom stereocenters. The molecule has 2 rings (SSSR count). The number of nitrogens with zero attached hydrogens (tertiary/aromatic N) is 2. The molecule has 0 saturated carbocycles. The van der Waals surface area contributed by atoms with Crippen LogP contribution in [-0.2, 0) is 4.74 Å². The summed E-state index contributed by atoms with van der Waals surface area (Å²) in [6.45, 7) is 6.54. The predicted octanol–water partition coefficient (Wildman–Crippen LogP) is 1.62. The van der Waals surface area contributed by atoms with E-state index >= 15 is 0 Å². The smallest absolute Gasteiger partial charge is 0.188 e. The van der Waals surface area contributed by atoms with Gasteiger partial charge in [0.05, 0.1) is 40.0 Å². The van der Waals surface area contributed by atoms with E-state index in [1.807, 2.05) is 19.1 Å². The van der Waals surface area contributed by atoms with Crippen LogP contribution in [0.25, 0.3) is 0 Å². The number of aliphatic imine (C=N–C) groups is 1. The Balaban J connectivity index is 0.00000312. The summed E-state index contributed by atoms with van der Waals surface area (Å²) in [6, 6.07) is 6.11. The van der Waals surface area contributed by atoms with E-state index in [1.54, 1.807) is 14.2 Å². The second kappa shape index (κ2) is 11.4. The molecule has 1 aliphatic rings. The predicted molar refractivity (Wildman–Crippen MR) is 110 cm³/mol. The number of methoxy groups -OCH3 is 2. The molecule has 1 aliphatic heterocycles. The van der Waals surface area contributed by atoms with E-state index in [9.17, 15) is 0 Å². The van der Waals surface area contributed by atoms with Crippen LogP contribution < -0.4 is 20.5 Å². The summed E-state index contributed by atoms with van der Waals surface area (Å²) in [4.78, 5) is 6.86. The summed E-state index contributed by atoms with van der Waals surface area (Å²) in [5, 5.41) is 3.04. The van der Waals surface area contributed by atoms with Gasteiger partial charge in [-0.3, -0.25) is 9.89 Å². The van der Waals surface area contributed by atoms with E-state index in [1.165, 1.54) is 0 Å². The zero-order valence-electron chi connectivity index (χ0n) is 15.2. The largest absolute Gasteiger partial charge is 0.493 e. The van der Waals surface area contributed by atoms with Crippen molar-refractivity contribution in [2.75, 3.05) is 53.6 Å². The maximum atomic E-state index is 5.89. The van der Waals surface area contributed by atoms with Crippen molar-refractivity contribution in [1.29, 1.82) is 0 Å². The normalized spacial score (nSPS) is 16.7. The number of ether oxygens (including phenoxy) is 3. The highest BCUT2D eigenvalue weighted by Crippen LogP contribution is 2.32. The Morgan fingerprint density at radius 3 is 2.56 bits per heavy atom. The van der Waals surface area contributed by atoms with Crippen molar-refractivity contribution in [3.63, 3.8) is 0 Å². The van der Waals surface area contributed by atoms with Crippen molar-refractivity contribution in [1.82, 2.24) is 10.2 Å². The fourth-order valence-electron chi connectivity index (χ4n) is 2.80.